The lowest BCUT2D eigenvalue weighted by molar-refractivity contribution is -0.137. The van der Waals surface area contributed by atoms with Gasteiger partial charge in [-0.3, -0.25) is 4.79 Å². The van der Waals surface area contributed by atoms with Crippen molar-refractivity contribution in [3.8, 4) is 0 Å². The van der Waals surface area contributed by atoms with Crippen molar-refractivity contribution in [1.29, 1.82) is 0 Å². The first-order chi connectivity index (χ1) is 6.66. The van der Waals surface area contributed by atoms with Crippen molar-refractivity contribution in [2.24, 2.45) is 5.92 Å². The number of carbonyl (C=O) groups excluding carboxylic acids is 1. The van der Waals surface area contributed by atoms with Crippen LogP contribution in [0.4, 0.5) is 0 Å². The first-order valence-electron chi connectivity index (χ1n) is 5.68. The minimum atomic E-state index is 0.214. The SMILES string of the molecule is CCN(C(=O)C1CCCNC1)C(C)C. The highest BCUT2D eigenvalue weighted by molar-refractivity contribution is 5.79. The van der Waals surface area contributed by atoms with Crippen LogP contribution >= 0.6 is 0 Å². The van der Waals surface area contributed by atoms with Crippen molar-refractivity contribution >= 4 is 5.91 Å². The van der Waals surface area contributed by atoms with Crippen LogP contribution in [0.5, 0.6) is 0 Å². The molecule has 3 nitrogen and oxygen atoms in total. The fourth-order valence-electron chi connectivity index (χ4n) is 2.07. The van der Waals surface area contributed by atoms with E-state index in [0.717, 1.165) is 32.5 Å². The van der Waals surface area contributed by atoms with E-state index in [9.17, 15) is 4.79 Å². The van der Waals surface area contributed by atoms with Crippen LogP contribution in [0.3, 0.4) is 0 Å². The van der Waals surface area contributed by atoms with Crippen LogP contribution in [-0.4, -0.2) is 36.5 Å². The summed E-state index contributed by atoms with van der Waals surface area (Å²) in [6.07, 6.45) is 2.18. The standard InChI is InChI=1S/C11H22N2O/c1-4-13(9(2)3)11(14)10-6-5-7-12-8-10/h9-10,12H,4-8H2,1-3H3. The largest absolute Gasteiger partial charge is 0.340 e. The molecule has 1 fully saturated rings. The summed E-state index contributed by atoms with van der Waals surface area (Å²) in [6.45, 7) is 8.97. The topological polar surface area (TPSA) is 32.3 Å². The summed E-state index contributed by atoms with van der Waals surface area (Å²) in [7, 11) is 0. The number of piperidine rings is 1. The van der Waals surface area contributed by atoms with Gasteiger partial charge in [0.15, 0.2) is 0 Å². The molecule has 14 heavy (non-hydrogen) atoms. The van der Waals surface area contributed by atoms with Crippen molar-refractivity contribution in [1.82, 2.24) is 10.2 Å². The van der Waals surface area contributed by atoms with Gasteiger partial charge in [0.05, 0.1) is 5.92 Å². The number of nitrogens with one attached hydrogen (secondary N) is 1. The second-order valence-corrected chi connectivity index (χ2v) is 4.26. The molecule has 0 aromatic heterocycles. The molecule has 3 heteroatoms. The molecule has 0 bridgehead atoms. The van der Waals surface area contributed by atoms with E-state index < -0.39 is 0 Å². The Hall–Kier alpha value is -0.570. The third-order valence-electron chi connectivity index (χ3n) is 2.89. The molecule has 1 saturated heterocycles. The number of hydrogen-bond acceptors (Lipinski definition) is 2. The molecule has 0 aromatic carbocycles. The van der Waals surface area contributed by atoms with Gasteiger partial charge in [-0.1, -0.05) is 0 Å². The molecule has 1 unspecified atom stereocenters. The second kappa shape index (κ2) is 5.35. The molecule has 82 valence electrons. The summed E-state index contributed by atoms with van der Waals surface area (Å²) in [4.78, 5) is 14.0. The van der Waals surface area contributed by atoms with Gasteiger partial charge >= 0.3 is 0 Å². The van der Waals surface area contributed by atoms with E-state index in [-0.39, 0.29) is 5.92 Å². The Balaban J connectivity index is 2.52. The summed E-state index contributed by atoms with van der Waals surface area (Å²) in [6, 6.07) is 0.328. The van der Waals surface area contributed by atoms with Gasteiger partial charge < -0.3 is 10.2 Å². The summed E-state index contributed by atoms with van der Waals surface area (Å²) >= 11 is 0. The molecule has 1 amide bonds. The maximum Gasteiger partial charge on any atom is 0.227 e. The molecule has 0 radical (unpaired) electrons. The van der Waals surface area contributed by atoms with Crippen molar-refractivity contribution in [2.45, 2.75) is 39.7 Å². The lowest BCUT2D eigenvalue weighted by Crippen LogP contribution is -2.45. The van der Waals surface area contributed by atoms with Crippen molar-refractivity contribution in [3.05, 3.63) is 0 Å². The average molecular weight is 198 g/mol. The van der Waals surface area contributed by atoms with Crippen LogP contribution in [0.2, 0.25) is 0 Å². The molecule has 0 aromatic rings. The zero-order valence-electron chi connectivity index (χ0n) is 9.55. The molecule has 1 rings (SSSR count). The minimum absolute atomic E-state index is 0.214. The summed E-state index contributed by atoms with van der Waals surface area (Å²) in [5.74, 6) is 0.542. The van der Waals surface area contributed by atoms with E-state index in [2.05, 4.69) is 19.2 Å². The monoisotopic (exact) mass is 198 g/mol. The molecule has 1 aliphatic heterocycles. The van der Waals surface area contributed by atoms with Crippen LogP contribution in [0.25, 0.3) is 0 Å². The van der Waals surface area contributed by atoms with Gasteiger partial charge in [0.25, 0.3) is 0 Å². The fourth-order valence-corrected chi connectivity index (χ4v) is 2.07. The molecule has 1 aliphatic rings. The third kappa shape index (κ3) is 2.71. The Bertz CT molecular complexity index is 186. The number of amides is 1. The highest BCUT2D eigenvalue weighted by atomic mass is 16.2. The summed E-state index contributed by atoms with van der Waals surface area (Å²) < 4.78 is 0. The van der Waals surface area contributed by atoms with E-state index in [1.165, 1.54) is 0 Å². The number of carbonyl (C=O) groups is 1. The van der Waals surface area contributed by atoms with Crippen LogP contribution in [0.15, 0.2) is 0 Å². The van der Waals surface area contributed by atoms with Gasteiger partial charge in [-0.15, -0.1) is 0 Å². The molecule has 0 aliphatic carbocycles. The normalized spacial score (nSPS) is 22.4. The van der Waals surface area contributed by atoms with Crippen molar-refractivity contribution in [2.75, 3.05) is 19.6 Å². The Labute approximate surface area is 86.9 Å². The molecule has 0 spiro atoms. The maximum absolute atomic E-state index is 12.1. The highest BCUT2D eigenvalue weighted by Gasteiger charge is 2.26. The van der Waals surface area contributed by atoms with Crippen molar-refractivity contribution in [3.63, 3.8) is 0 Å². The smallest absolute Gasteiger partial charge is 0.227 e. The average Bonchev–Trinajstić information content (AvgIpc) is 2.19. The van der Waals surface area contributed by atoms with Gasteiger partial charge in [-0.05, 0) is 40.2 Å². The zero-order valence-corrected chi connectivity index (χ0v) is 9.55. The predicted molar refractivity (Wildman–Crippen MR) is 58.1 cm³/mol. The van der Waals surface area contributed by atoms with Gasteiger partial charge in [0, 0.05) is 19.1 Å². The van der Waals surface area contributed by atoms with E-state index in [4.69, 9.17) is 0 Å². The fraction of sp³-hybridized carbons (Fsp3) is 0.909. The lowest BCUT2D eigenvalue weighted by Gasteiger charge is -2.31. The molecule has 1 N–H and O–H groups in total. The third-order valence-corrected chi connectivity index (χ3v) is 2.89. The Kier molecular flexibility index (Phi) is 4.39. The number of rotatable bonds is 3. The Morgan fingerprint density at radius 1 is 1.57 bits per heavy atom. The number of hydrogen-bond donors (Lipinski definition) is 1. The van der Waals surface area contributed by atoms with E-state index in [1.54, 1.807) is 0 Å². The molecule has 1 atom stereocenters. The Morgan fingerprint density at radius 3 is 2.71 bits per heavy atom. The minimum Gasteiger partial charge on any atom is -0.340 e. The molecule has 1 heterocycles. The van der Waals surface area contributed by atoms with E-state index in [0.29, 0.717) is 11.9 Å². The van der Waals surface area contributed by atoms with Crippen LogP contribution in [0, 0.1) is 5.92 Å². The highest BCUT2D eigenvalue weighted by Crippen LogP contribution is 2.14. The maximum atomic E-state index is 12.1. The quantitative estimate of drug-likeness (QED) is 0.740. The predicted octanol–water partition coefficient (Wildman–Crippen LogP) is 1.24. The van der Waals surface area contributed by atoms with Gasteiger partial charge in [-0.25, -0.2) is 0 Å². The first kappa shape index (κ1) is 11.5. The molecule has 0 saturated carbocycles. The Morgan fingerprint density at radius 2 is 2.29 bits per heavy atom. The van der Waals surface area contributed by atoms with E-state index >= 15 is 0 Å². The summed E-state index contributed by atoms with van der Waals surface area (Å²) in [5, 5.41) is 3.29. The first-order valence-corrected chi connectivity index (χ1v) is 5.68. The van der Waals surface area contributed by atoms with E-state index in [1.807, 2.05) is 11.8 Å². The van der Waals surface area contributed by atoms with Crippen molar-refractivity contribution < 1.29 is 4.79 Å². The zero-order chi connectivity index (χ0) is 10.6. The molecular formula is C11H22N2O. The van der Waals surface area contributed by atoms with Gasteiger partial charge in [0.2, 0.25) is 5.91 Å². The second-order valence-electron chi connectivity index (χ2n) is 4.26. The lowest BCUT2D eigenvalue weighted by atomic mass is 9.97. The van der Waals surface area contributed by atoms with Crippen LogP contribution < -0.4 is 5.32 Å². The van der Waals surface area contributed by atoms with Gasteiger partial charge in [-0.2, -0.15) is 0 Å². The molecular weight excluding hydrogens is 176 g/mol. The van der Waals surface area contributed by atoms with Gasteiger partial charge in [0.1, 0.15) is 0 Å². The van der Waals surface area contributed by atoms with Crippen LogP contribution in [-0.2, 0) is 4.79 Å². The number of nitrogens with zero attached hydrogens (tertiary/aromatic N) is 1. The summed E-state index contributed by atoms with van der Waals surface area (Å²) in [5.41, 5.74) is 0. The van der Waals surface area contributed by atoms with Crippen LogP contribution in [0.1, 0.15) is 33.6 Å².